The molecule has 3 aromatic rings. The van der Waals surface area contributed by atoms with Crippen LogP contribution in [0.15, 0.2) is 70.9 Å². The second-order valence-electron chi connectivity index (χ2n) is 4.57. The summed E-state index contributed by atoms with van der Waals surface area (Å²) in [4.78, 5) is 13.5. The molecule has 2 aromatic carbocycles. The third kappa shape index (κ3) is 3.35. The molecule has 3 rings (SSSR count). The molecule has 0 aliphatic carbocycles. The minimum absolute atomic E-state index is 0.104. The van der Waals surface area contributed by atoms with Crippen LogP contribution in [0.5, 0.6) is 0 Å². The van der Waals surface area contributed by atoms with Gasteiger partial charge in [-0.15, -0.1) is 24.0 Å². The summed E-state index contributed by atoms with van der Waals surface area (Å²) in [7, 11) is 0. The number of rotatable bonds is 3. The lowest BCUT2D eigenvalue weighted by atomic mass is 10.1. The lowest BCUT2D eigenvalue weighted by Crippen LogP contribution is -2.09. The van der Waals surface area contributed by atoms with Crippen molar-refractivity contribution in [3.05, 3.63) is 70.9 Å². The van der Waals surface area contributed by atoms with Crippen LogP contribution in [0.25, 0.3) is 11.1 Å². The average Bonchev–Trinajstić information content (AvgIpc) is 2.96. The fraction of sp³-hybridized carbons (Fsp3) is 0. The number of thiophene rings is 1. The van der Waals surface area contributed by atoms with Crippen molar-refractivity contribution in [2.75, 3.05) is 5.32 Å². The zero-order valence-corrected chi connectivity index (χ0v) is 12.8. The number of nitrogens with one attached hydrogen (secondary N) is 1. The van der Waals surface area contributed by atoms with E-state index in [1.807, 2.05) is 47.8 Å². The summed E-state index contributed by atoms with van der Waals surface area (Å²) in [6, 6.07) is 19.7. The van der Waals surface area contributed by atoms with Crippen LogP contribution >= 0.6 is 24.0 Å². The zero-order chi connectivity index (χ0) is 14.7. The zero-order valence-electron chi connectivity index (χ0n) is 11.1. The molecule has 1 aromatic heterocycles. The second-order valence-corrected chi connectivity index (χ2v) is 5.99. The molecule has 0 spiro atoms. The maximum atomic E-state index is 12.0. The van der Waals surface area contributed by atoms with Crippen molar-refractivity contribution in [3.63, 3.8) is 0 Å². The lowest BCUT2D eigenvalue weighted by Gasteiger charge is -2.06. The van der Waals surface area contributed by atoms with Gasteiger partial charge in [0.2, 0.25) is 0 Å². The minimum Gasteiger partial charge on any atom is -0.321 e. The van der Waals surface area contributed by atoms with Gasteiger partial charge in [-0.25, -0.2) is 0 Å². The van der Waals surface area contributed by atoms with Gasteiger partial charge in [0.15, 0.2) is 0 Å². The summed E-state index contributed by atoms with van der Waals surface area (Å²) in [6.45, 7) is 0. The molecular formula is C17H13NOS2. The highest BCUT2D eigenvalue weighted by atomic mass is 32.1. The van der Waals surface area contributed by atoms with Gasteiger partial charge < -0.3 is 5.32 Å². The highest BCUT2D eigenvalue weighted by molar-refractivity contribution is 7.80. The molecule has 21 heavy (non-hydrogen) atoms. The van der Waals surface area contributed by atoms with Gasteiger partial charge in [-0.3, -0.25) is 4.79 Å². The molecule has 0 aliphatic rings. The number of hydrogen-bond donors (Lipinski definition) is 2. The van der Waals surface area contributed by atoms with Crippen LogP contribution in [0, 0.1) is 0 Å². The Bertz CT molecular complexity index is 748. The van der Waals surface area contributed by atoms with E-state index in [2.05, 4.69) is 30.1 Å². The molecule has 0 radical (unpaired) electrons. The molecule has 0 saturated carbocycles. The average molecular weight is 311 g/mol. The molecular weight excluding hydrogens is 298 g/mol. The van der Waals surface area contributed by atoms with Gasteiger partial charge in [0.25, 0.3) is 5.91 Å². The van der Waals surface area contributed by atoms with Crippen molar-refractivity contribution < 1.29 is 4.79 Å². The van der Waals surface area contributed by atoms with Gasteiger partial charge in [0, 0.05) is 16.0 Å². The summed E-state index contributed by atoms with van der Waals surface area (Å²) >= 11 is 5.60. The largest absolute Gasteiger partial charge is 0.321 e. The molecule has 1 N–H and O–H groups in total. The highest BCUT2D eigenvalue weighted by Crippen LogP contribution is 2.22. The summed E-state index contributed by atoms with van der Waals surface area (Å²) < 4.78 is 0. The standard InChI is InChI=1S/C17H13NOS2/c19-17(16-10-15(20)11-21-16)18-14-8-6-13(7-9-14)12-4-2-1-3-5-12/h1-11,20H,(H,18,19). The first-order valence-corrected chi connectivity index (χ1v) is 7.79. The number of carbonyl (C=O) groups excluding carboxylic acids is 1. The lowest BCUT2D eigenvalue weighted by molar-refractivity contribution is 0.103. The molecule has 104 valence electrons. The maximum Gasteiger partial charge on any atom is 0.265 e. The third-order valence-corrected chi connectivity index (χ3v) is 4.42. The molecule has 2 nitrogen and oxygen atoms in total. The molecule has 0 bridgehead atoms. The highest BCUT2D eigenvalue weighted by Gasteiger charge is 2.08. The smallest absolute Gasteiger partial charge is 0.265 e. The van der Waals surface area contributed by atoms with E-state index in [4.69, 9.17) is 0 Å². The third-order valence-electron chi connectivity index (χ3n) is 3.06. The van der Waals surface area contributed by atoms with Gasteiger partial charge in [0.05, 0.1) is 4.88 Å². The quantitative estimate of drug-likeness (QED) is 0.658. The summed E-state index contributed by atoms with van der Waals surface area (Å²) in [6.07, 6.45) is 0. The van der Waals surface area contributed by atoms with Crippen LogP contribution in [0.1, 0.15) is 9.67 Å². The monoisotopic (exact) mass is 311 g/mol. The van der Waals surface area contributed by atoms with Crippen LogP contribution in [-0.2, 0) is 0 Å². The SMILES string of the molecule is O=C(Nc1ccc(-c2ccccc2)cc1)c1cc(S)cs1. The van der Waals surface area contributed by atoms with Gasteiger partial charge >= 0.3 is 0 Å². The van der Waals surface area contributed by atoms with E-state index in [0.717, 1.165) is 21.7 Å². The number of benzene rings is 2. The molecule has 1 amide bonds. The van der Waals surface area contributed by atoms with Crippen LogP contribution < -0.4 is 5.32 Å². The Morgan fingerprint density at radius 1 is 0.952 bits per heavy atom. The van der Waals surface area contributed by atoms with E-state index < -0.39 is 0 Å². The van der Waals surface area contributed by atoms with Crippen molar-refractivity contribution in [1.29, 1.82) is 0 Å². The number of anilines is 1. The topological polar surface area (TPSA) is 29.1 Å². The van der Waals surface area contributed by atoms with E-state index in [0.29, 0.717) is 4.88 Å². The number of thiol groups is 1. The van der Waals surface area contributed by atoms with Crippen molar-refractivity contribution in [2.45, 2.75) is 4.90 Å². The van der Waals surface area contributed by atoms with Crippen LogP contribution in [-0.4, -0.2) is 5.91 Å². The number of amides is 1. The van der Waals surface area contributed by atoms with E-state index in [1.165, 1.54) is 11.3 Å². The Labute approximate surface area is 132 Å². The Hall–Kier alpha value is -2.04. The molecule has 0 aliphatic heterocycles. The summed E-state index contributed by atoms with van der Waals surface area (Å²) in [5, 5.41) is 4.73. The fourth-order valence-corrected chi connectivity index (χ4v) is 3.06. The molecule has 0 unspecified atom stereocenters. The van der Waals surface area contributed by atoms with Crippen molar-refractivity contribution in [1.82, 2.24) is 0 Å². The Balaban J connectivity index is 1.74. The van der Waals surface area contributed by atoms with Gasteiger partial charge in [-0.2, -0.15) is 0 Å². The van der Waals surface area contributed by atoms with E-state index in [-0.39, 0.29) is 5.91 Å². The Morgan fingerprint density at radius 2 is 1.62 bits per heavy atom. The first kappa shape index (κ1) is 13.9. The first-order valence-electron chi connectivity index (χ1n) is 6.47. The molecule has 0 atom stereocenters. The van der Waals surface area contributed by atoms with Gasteiger partial charge in [-0.05, 0) is 29.3 Å². The van der Waals surface area contributed by atoms with Crippen molar-refractivity contribution in [3.8, 4) is 11.1 Å². The number of carbonyl (C=O) groups is 1. The van der Waals surface area contributed by atoms with E-state index in [9.17, 15) is 4.79 Å². The fourth-order valence-electron chi connectivity index (χ4n) is 2.01. The van der Waals surface area contributed by atoms with Crippen LogP contribution in [0.2, 0.25) is 0 Å². The predicted molar refractivity (Wildman–Crippen MR) is 91.4 cm³/mol. The van der Waals surface area contributed by atoms with Crippen molar-refractivity contribution >= 4 is 35.6 Å². The van der Waals surface area contributed by atoms with Crippen LogP contribution in [0.3, 0.4) is 0 Å². The Kier molecular flexibility index (Phi) is 4.08. The normalized spacial score (nSPS) is 10.3. The van der Waals surface area contributed by atoms with Gasteiger partial charge in [0.1, 0.15) is 0 Å². The molecule has 4 heteroatoms. The van der Waals surface area contributed by atoms with Crippen LogP contribution in [0.4, 0.5) is 5.69 Å². The number of hydrogen-bond acceptors (Lipinski definition) is 3. The van der Waals surface area contributed by atoms with Gasteiger partial charge in [-0.1, -0.05) is 42.5 Å². The molecule has 0 saturated heterocycles. The van der Waals surface area contributed by atoms with E-state index in [1.54, 1.807) is 6.07 Å². The minimum atomic E-state index is -0.104. The van der Waals surface area contributed by atoms with E-state index >= 15 is 0 Å². The Morgan fingerprint density at radius 3 is 2.24 bits per heavy atom. The second kappa shape index (κ2) is 6.16. The summed E-state index contributed by atoms with van der Waals surface area (Å²) in [5.74, 6) is -0.104. The predicted octanol–water partition coefficient (Wildman–Crippen LogP) is 4.96. The molecule has 0 fully saturated rings. The molecule has 1 heterocycles. The van der Waals surface area contributed by atoms with Crippen molar-refractivity contribution in [2.24, 2.45) is 0 Å². The maximum absolute atomic E-state index is 12.0. The summed E-state index contributed by atoms with van der Waals surface area (Å²) in [5.41, 5.74) is 3.07. The first-order chi connectivity index (χ1) is 10.2.